The summed E-state index contributed by atoms with van der Waals surface area (Å²) in [7, 11) is 0. The molecule has 0 amide bonds. The van der Waals surface area contributed by atoms with Gasteiger partial charge in [-0.05, 0) is 42.8 Å². The molecule has 3 aromatic rings. The molecule has 0 unspecified atom stereocenters. The fraction of sp³-hybridized carbons (Fsp3) is 0.125. The number of nitrogens with one attached hydrogen (secondary N) is 1. The fourth-order valence-corrected chi connectivity index (χ4v) is 2.35. The molecule has 3 nitrogen and oxygen atoms in total. The quantitative estimate of drug-likeness (QED) is 0.783. The zero-order chi connectivity index (χ0) is 13.9. The highest BCUT2D eigenvalue weighted by atomic mass is 35.5. The monoisotopic (exact) mass is 283 g/mol. The van der Waals surface area contributed by atoms with E-state index >= 15 is 0 Å². The predicted molar refractivity (Wildman–Crippen MR) is 83.1 cm³/mol. The minimum Gasteiger partial charge on any atom is -0.380 e. The fourth-order valence-electron chi connectivity index (χ4n) is 2.18. The molecule has 1 aromatic carbocycles. The largest absolute Gasteiger partial charge is 0.380 e. The van der Waals surface area contributed by atoms with Gasteiger partial charge in [0.2, 0.25) is 0 Å². The van der Waals surface area contributed by atoms with Gasteiger partial charge >= 0.3 is 0 Å². The van der Waals surface area contributed by atoms with Crippen molar-refractivity contribution < 1.29 is 0 Å². The molecule has 1 N–H and O–H groups in total. The van der Waals surface area contributed by atoms with E-state index in [-0.39, 0.29) is 0 Å². The van der Waals surface area contributed by atoms with Crippen molar-refractivity contribution in [2.24, 2.45) is 0 Å². The average Bonchev–Trinajstić information content (AvgIpc) is 2.46. The van der Waals surface area contributed by atoms with Crippen LogP contribution in [0.5, 0.6) is 0 Å². The van der Waals surface area contributed by atoms with Crippen molar-refractivity contribution in [2.75, 3.05) is 5.32 Å². The third-order valence-corrected chi connectivity index (χ3v) is 3.34. The number of hydrogen-bond acceptors (Lipinski definition) is 3. The maximum Gasteiger partial charge on any atom is 0.0726 e. The third kappa shape index (κ3) is 2.73. The average molecular weight is 284 g/mol. The first-order chi connectivity index (χ1) is 9.72. The van der Waals surface area contributed by atoms with E-state index in [9.17, 15) is 0 Å². The van der Waals surface area contributed by atoms with Gasteiger partial charge in [-0.25, -0.2) is 0 Å². The van der Waals surface area contributed by atoms with Crippen LogP contribution in [0.25, 0.3) is 10.9 Å². The van der Waals surface area contributed by atoms with Crippen LogP contribution in [0.2, 0.25) is 5.02 Å². The number of halogens is 1. The van der Waals surface area contributed by atoms with E-state index in [2.05, 4.69) is 15.3 Å². The standard InChI is InChI=1S/C16H14ClN3/c1-11-7-16(19-10-12-3-2-6-18-9-12)14-8-13(17)4-5-15(14)20-11/h2-9H,10H2,1H3,(H,19,20). The molecule has 0 aliphatic heterocycles. The van der Waals surface area contributed by atoms with Crippen LogP contribution in [0.4, 0.5) is 5.69 Å². The smallest absolute Gasteiger partial charge is 0.0726 e. The minimum absolute atomic E-state index is 0.715. The first kappa shape index (κ1) is 12.9. The lowest BCUT2D eigenvalue weighted by molar-refractivity contribution is 1.11. The lowest BCUT2D eigenvalue weighted by Crippen LogP contribution is -2.01. The first-order valence-electron chi connectivity index (χ1n) is 6.42. The second kappa shape index (κ2) is 5.47. The normalized spacial score (nSPS) is 10.7. The van der Waals surface area contributed by atoms with Crippen LogP contribution in [0.3, 0.4) is 0 Å². The number of hydrogen-bond donors (Lipinski definition) is 1. The number of nitrogens with zero attached hydrogens (tertiary/aromatic N) is 2. The van der Waals surface area contributed by atoms with Gasteiger partial charge in [-0.1, -0.05) is 17.7 Å². The summed E-state index contributed by atoms with van der Waals surface area (Å²) in [5, 5.41) is 5.18. The van der Waals surface area contributed by atoms with Crippen LogP contribution in [-0.4, -0.2) is 9.97 Å². The molecule has 0 saturated heterocycles. The van der Waals surface area contributed by atoms with E-state index in [1.165, 1.54) is 0 Å². The molecule has 4 heteroatoms. The maximum absolute atomic E-state index is 6.08. The van der Waals surface area contributed by atoms with Crippen LogP contribution in [0, 0.1) is 6.92 Å². The van der Waals surface area contributed by atoms with E-state index in [1.807, 2.05) is 49.5 Å². The maximum atomic E-state index is 6.08. The van der Waals surface area contributed by atoms with Crippen molar-refractivity contribution in [1.82, 2.24) is 9.97 Å². The number of aromatic nitrogens is 2. The lowest BCUT2D eigenvalue weighted by Gasteiger charge is -2.11. The van der Waals surface area contributed by atoms with Crippen LogP contribution < -0.4 is 5.32 Å². The Morgan fingerprint density at radius 2 is 2.10 bits per heavy atom. The molecule has 0 bridgehead atoms. The van der Waals surface area contributed by atoms with Crippen molar-refractivity contribution in [1.29, 1.82) is 0 Å². The summed E-state index contributed by atoms with van der Waals surface area (Å²) in [6.45, 7) is 2.71. The second-order valence-corrected chi connectivity index (χ2v) is 5.12. The van der Waals surface area contributed by atoms with E-state index in [0.29, 0.717) is 5.02 Å². The van der Waals surface area contributed by atoms with E-state index in [4.69, 9.17) is 11.6 Å². The van der Waals surface area contributed by atoms with Gasteiger partial charge in [0.15, 0.2) is 0 Å². The van der Waals surface area contributed by atoms with E-state index in [0.717, 1.165) is 34.4 Å². The lowest BCUT2D eigenvalue weighted by atomic mass is 10.1. The van der Waals surface area contributed by atoms with Crippen molar-refractivity contribution in [3.05, 3.63) is 65.1 Å². The molecule has 0 radical (unpaired) electrons. The SMILES string of the molecule is Cc1cc(NCc2cccnc2)c2cc(Cl)ccc2n1. The number of fused-ring (bicyclic) bond motifs is 1. The Bertz CT molecular complexity index is 741. The molecular weight excluding hydrogens is 270 g/mol. The number of anilines is 1. The number of rotatable bonds is 3. The molecule has 0 fully saturated rings. The Balaban J connectivity index is 1.96. The Hall–Kier alpha value is -2.13. The minimum atomic E-state index is 0.715. The topological polar surface area (TPSA) is 37.8 Å². The summed E-state index contributed by atoms with van der Waals surface area (Å²) < 4.78 is 0. The van der Waals surface area contributed by atoms with Crippen LogP contribution in [0.1, 0.15) is 11.3 Å². The molecule has 0 aliphatic carbocycles. The molecule has 0 aliphatic rings. The zero-order valence-electron chi connectivity index (χ0n) is 11.1. The Morgan fingerprint density at radius 3 is 2.90 bits per heavy atom. The summed E-state index contributed by atoms with van der Waals surface area (Å²) in [6, 6.07) is 11.8. The molecule has 0 saturated carbocycles. The third-order valence-electron chi connectivity index (χ3n) is 3.10. The summed E-state index contributed by atoms with van der Waals surface area (Å²) in [5.41, 5.74) is 4.10. The van der Waals surface area contributed by atoms with Crippen LogP contribution >= 0.6 is 11.6 Å². The van der Waals surface area contributed by atoms with E-state index in [1.54, 1.807) is 6.20 Å². The van der Waals surface area contributed by atoms with Gasteiger partial charge in [-0.3, -0.25) is 9.97 Å². The van der Waals surface area contributed by atoms with Gasteiger partial charge in [0.05, 0.1) is 5.52 Å². The highest BCUT2D eigenvalue weighted by molar-refractivity contribution is 6.31. The predicted octanol–water partition coefficient (Wildman–Crippen LogP) is 4.20. The van der Waals surface area contributed by atoms with Crippen LogP contribution in [-0.2, 0) is 6.54 Å². The Kier molecular flexibility index (Phi) is 3.52. The van der Waals surface area contributed by atoms with Crippen molar-refractivity contribution in [3.63, 3.8) is 0 Å². The van der Waals surface area contributed by atoms with Crippen molar-refractivity contribution in [2.45, 2.75) is 13.5 Å². The van der Waals surface area contributed by atoms with Gasteiger partial charge < -0.3 is 5.32 Å². The molecule has 100 valence electrons. The summed E-state index contributed by atoms with van der Waals surface area (Å²) in [6.07, 6.45) is 3.63. The molecule has 0 atom stereocenters. The molecule has 2 heterocycles. The Morgan fingerprint density at radius 1 is 1.20 bits per heavy atom. The second-order valence-electron chi connectivity index (χ2n) is 4.69. The van der Waals surface area contributed by atoms with Gasteiger partial charge in [-0.15, -0.1) is 0 Å². The van der Waals surface area contributed by atoms with Gasteiger partial charge in [-0.2, -0.15) is 0 Å². The highest BCUT2D eigenvalue weighted by Gasteiger charge is 2.05. The van der Waals surface area contributed by atoms with Crippen molar-refractivity contribution in [3.8, 4) is 0 Å². The van der Waals surface area contributed by atoms with E-state index < -0.39 is 0 Å². The first-order valence-corrected chi connectivity index (χ1v) is 6.80. The summed E-state index contributed by atoms with van der Waals surface area (Å²) in [5.74, 6) is 0. The van der Waals surface area contributed by atoms with Crippen molar-refractivity contribution >= 4 is 28.2 Å². The number of aryl methyl sites for hydroxylation is 1. The molecule has 3 rings (SSSR count). The summed E-state index contributed by atoms with van der Waals surface area (Å²) >= 11 is 6.08. The summed E-state index contributed by atoms with van der Waals surface area (Å²) in [4.78, 5) is 8.64. The molecule has 0 spiro atoms. The molecular formula is C16H14ClN3. The van der Waals surface area contributed by atoms with Crippen LogP contribution in [0.15, 0.2) is 48.8 Å². The van der Waals surface area contributed by atoms with Gasteiger partial charge in [0.1, 0.15) is 0 Å². The molecule has 2 aromatic heterocycles. The number of benzene rings is 1. The van der Waals surface area contributed by atoms with Gasteiger partial charge in [0, 0.05) is 40.7 Å². The highest BCUT2D eigenvalue weighted by Crippen LogP contribution is 2.26. The zero-order valence-corrected chi connectivity index (χ0v) is 11.9. The number of pyridine rings is 2. The Labute approximate surface area is 122 Å². The molecule has 20 heavy (non-hydrogen) atoms. The van der Waals surface area contributed by atoms with Gasteiger partial charge in [0.25, 0.3) is 0 Å².